The van der Waals surface area contributed by atoms with Crippen LogP contribution in [-0.4, -0.2) is 48.7 Å². The van der Waals surface area contributed by atoms with Gasteiger partial charge in [0.15, 0.2) is 11.7 Å². The molecule has 2 aromatic rings. The summed E-state index contributed by atoms with van der Waals surface area (Å²) in [4.78, 5) is 36.9. The molecule has 0 amide bonds. The molecular formula is C25H27FO7. The molecule has 1 saturated heterocycles. The molecule has 1 fully saturated rings. The molecule has 7 nitrogen and oxygen atoms in total. The zero-order valence-corrected chi connectivity index (χ0v) is 18.9. The van der Waals surface area contributed by atoms with Gasteiger partial charge < -0.3 is 18.9 Å². The average Bonchev–Trinajstić information content (AvgIpc) is 3.04. The third kappa shape index (κ3) is 5.22. The Bertz CT molecular complexity index is 987. The highest BCUT2D eigenvalue weighted by Crippen LogP contribution is 2.47. The number of ether oxygens (including phenoxy) is 4. The van der Waals surface area contributed by atoms with Gasteiger partial charge in [-0.2, -0.15) is 0 Å². The first-order valence-corrected chi connectivity index (χ1v) is 10.5. The number of esters is 3. The van der Waals surface area contributed by atoms with Gasteiger partial charge in [-0.3, -0.25) is 4.79 Å². The van der Waals surface area contributed by atoms with E-state index >= 15 is 4.39 Å². The molecule has 8 heteroatoms. The number of carbonyl (C=O) groups is 3. The van der Waals surface area contributed by atoms with Crippen molar-refractivity contribution in [3.63, 3.8) is 0 Å². The summed E-state index contributed by atoms with van der Waals surface area (Å²) in [6, 6.07) is 16.4. The Morgan fingerprint density at radius 3 is 1.91 bits per heavy atom. The van der Waals surface area contributed by atoms with Crippen molar-refractivity contribution in [1.29, 1.82) is 0 Å². The Balaban J connectivity index is 1.94. The van der Waals surface area contributed by atoms with Crippen molar-refractivity contribution in [2.75, 3.05) is 6.61 Å². The molecule has 0 aliphatic carbocycles. The standard InChI is InChI=1S/C25H27FO7/c1-16(27)31-23-19(26)20(32-22(29)18-13-9-6-10-14-18)25(33-23,24(2,3)4)15-30-21(28)17-11-7-5-8-12-17/h5-14,19-20,23H,15H2,1-4H3. The van der Waals surface area contributed by atoms with Gasteiger partial charge in [-0.15, -0.1) is 0 Å². The van der Waals surface area contributed by atoms with Gasteiger partial charge in [-0.05, 0) is 29.7 Å². The Morgan fingerprint density at radius 2 is 1.42 bits per heavy atom. The molecule has 0 N–H and O–H groups in total. The lowest BCUT2D eigenvalue weighted by molar-refractivity contribution is -0.225. The first-order chi connectivity index (χ1) is 15.5. The molecule has 0 saturated carbocycles. The minimum Gasteiger partial charge on any atom is -0.459 e. The van der Waals surface area contributed by atoms with Gasteiger partial charge in [0.05, 0.1) is 11.1 Å². The van der Waals surface area contributed by atoms with Crippen LogP contribution >= 0.6 is 0 Å². The number of hydrogen-bond acceptors (Lipinski definition) is 7. The number of halogens is 1. The third-order valence-electron chi connectivity index (χ3n) is 5.56. The maximum Gasteiger partial charge on any atom is 0.338 e. The van der Waals surface area contributed by atoms with Crippen molar-refractivity contribution < 1.29 is 37.7 Å². The van der Waals surface area contributed by atoms with Crippen LogP contribution in [0.15, 0.2) is 60.7 Å². The zero-order chi connectivity index (χ0) is 24.2. The summed E-state index contributed by atoms with van der Waals surface area (Å²) < 4.78 is 37.5. The van der Waals surface area contributed by atoms with Crippen LogP contribution in [0.25, 0.3) is 0 Å². The normalized spacial score (nSPS) is 24.7. The number of benzene rings is 2. The summed E-state index contributed by atoms with van der Waals surface area (Å²) in [6.45, 7) is 5.88. The number of carbonyl (C=O) groups excluding carboxylic acids is 3. The van der Waals surface area contributed by atoms with Crippen LogP contribution in [0.5, 0.6) is 0 Å². The predicted octanol–water partition coefficient (Wildman–Crippen LogP) is 4.11. The predicted molar refractivity (Wildman–Crippen MR) is 116 cm³/mol. The van der Waals surface area contributed by atoms with Crippen molar-refractivity contribution in [3.8, 4) is 0 Å². The Hall–Kier alpha value is -3.26. The minimum absolute atomic E-state index is 0.213. The first kappa shape index (κ1) is 24.4. The van der Waals surface area contributed by atoms with E-state index in [9.17, 15) is 14.4 Å². The molecule has 4 unspecified atom stereocenters. The highest BCUT2D eigenvalue weighted by Gasteiger charge is 2.65. The molecule has 0 bridgehead atoms. The smallest absolute Gasteiger partial charge is 0.338 e. The quantitative estimate of drug-likeness (QED) is 0.475. The summed E-state index contributed by atoms with van der Waals surface area (Å²) in [6.07, 6.45) is -5.15. The molecule has 0 spiro atoms. The third-order valence-corrected chi connectivity index (χ3v) is 5.56. The van der Waals surface area contributed by atoms with Gasteiger partial charge in [-0.1, -0.05) is 57.2 Å². The molecule has 1 aliphatic heterocycles. The summed E-state index contributed by atoms with van der Waals surface area (Å²) in [7, 11) is 0. The van der Waals surface area contributed by atoms with Crippen molar-refractivity contribution >= 4 is 17.9 Å². The SMILES string of the molecule is CC(=O)OC1OC(COC(=O)c2ccccc2)(C(C)(C)C)C(OC(=O)c2ccccc2)C1F. The second kappa shape index (κ2) is 9.70. The highest BCUT2D eigenvalue weighted by molar-refractivity contribution is 5.90. The van der Waals surface area contributed by atoms with Gasteiger partial charge >= 0.3 is 17.9 Å². The van der Waals surface area contributed by atoms with Crippen LogP contribution in [0, 0.1) is 5.41 Å². The van der Waals surface area contributed by atoms with Gasteiger partial charge in [0.2, 0.25) is 12.5 Å². The van der Waals surface area contributed by atoms with Crippen LogP contribution in [-0.2, 0) is 23.7 Å². The van der Waals surface area contributed by atoms with E-state index < -0.39 is 54.1 Å². The van der Waals surface area contributed by atoms with Crippen molar-refractivity contribution in [2.24, 2.45) is 5.41 Å². The molecule has 3 rings (SSSR count). The van der Waals surface area contributed by atoms with Gasteiger partial charge in [0.25, 0.3) is 0 Å². The number of alkyl halides is 1. The van der Waals surface area contributed by atoms with E-state index in [0.29, 0.717) is 5.56 Å². The average molecular weight is 458 g/mol. The number of rotatable bonds is 6. The van der Waals surface area contributed by atoms with Crippen LogP contribution < -0.4 is 0 Å². The maximum absolute atomic E-state index is 15.5. The maximum atomic E-state index is 15.5. The lowest BCUT2D eigenvalue weighted by Crippen LogP contribution is -2.57. The summed E-state index contributed by atoms with van der Waals surface area (Å²) in [5.74, 6) is -2.19. The molecule has 4 atom stereocenters. The van der Waals surface area contributed by atoms with Crippen molar-refractivity contribution in [2.45, 2.75) is 51.9 Å². The van der Waals surface area contributed by atoms with Gasteiger partial charge in [0.1, 0.15) is 6.61 Å². The fraction of sp³-hybridized carbons (Fsp3) is 0.400. The second-order valence-electron chi connectivity index (χ2n) is 8.81. The second-order valence-corrected chi connectivity index (χ2v) is 8.81. The monoisotopic (exact) mass is 458 g/mol. The Labute approximate surface area is 191 Å². The summed E-state index contributed by atoms with van der Waals surface area (Å²) in [5.41, 5.74) is -2.03. The molecule has 0 aromatic heterocycles. The molecule has 1 heterocycles. The summed E-state index contributed by atoms with van der Waals surface area (Å²) >= 11 is 0. The largest absolute Gasteiger partial charge is 0.459 e. The minimum atomic E-state index is -2.00. The van der Waals surface area contributed by atoms with Crippen molar-refractivity contribution in [1.82, 2.24) is 0 Å². The van der Waals surface area contributed by atoms with E-state index in [4.69, 9.17) is 18.9 Å². The van der Waals surface area contributed by atoms with Crippen LogP contribution in [0.4, 0.5) is 4.39 Å². The fourth-order valence-electron chi connectivity index (χ4n) is 3.68. The van der Waals surface area contributed by atoms with Crippen LogP contribution in [0.2, 0.25) is 0 Å². The molecular weight excluding hydrogens is 431 g/mol. The molecule has 33 heavy (non-hydrogen) atoms. The number of hydrogen-bond donors (Lipinski definition) is 0. The molecule has 2 aromatic carbocycles. The van der Waals surface area contributed by atoms with E-state index in [-0.39, 0.29) is 5.56 Å². The van der Waals surface area contributed by atoms with Crippen LogP contribution in [0.1, 0.15) is 48.4 Å². The zero-order valence-electron chi connectivity index (χ0n) is 18.9. The molecule has 176 valence electrons. The fourth-order valence-corrected chi connectivity index (χ4v) is 3.68. The molecule has 1 aliphatic rings. The van der Waals surface area contributed by atoms with E-state index in [0.717, 1.165) is 6.92 Å². The van der Waals surface area contributed by atoms with E-state index in [1.54, 1.807) is 69.3 Å². The Kier molecular flexibility index (Phi) is 7.17. The van der Waals surface area contributed by atoms with E-state index in [2.05, 4.69) is 0 Å². The van der Waals surface area contributed by atoms with Gasteiger partial charge in [-0.25, -0.2) is 14.0 Å². The lowest BCUT2D eigenvalue weighted by Gasteiger charge is -2.43. The van der Waals surface area contributed by atoms with E-state index in [1.807, 2.05) is 0 Å². The lowest BCUT2D eigenvalue weighted by atomic mass is 9.73. The molecule has 0 radical (unpaired) electrons. The van der Waals surface area contributed by atoms with Crippen molar-refractivity contribution in [3.05, 3.63) is 71.8 Å². The van der Waals surface area contributed by atoms with Gasteiger partial charge in [0, 0.05) is 6.92 Å². The van der Waals surface area contributed by atoms with E-state index in [1.165, 1.54) is 12.1 Å². The highest BCUT2D eigenvalue weighted by atomic mass is 19.1. The first-order valence-electron chi connectivity index (χ1n) is 10.5. The Morgan fingerprint density at radius 1 is 0.909 bits per heavy atom. The topological polar surface area (TPSA) is 88.1 Å². The van der Waals surface area contributed by atoms with Crippen LogP contribution in [0.3, 0.4) is 0 Å². The summed E-state index contributed by atoms with van der Waals surface area (Å²) in [5, 5.41) is 0.